The highest BCUT2D eigenvalue weighted by Gasteiger charge is 2.23. The maximum absolute atomic E-state index is 3.00. The molecule has 4 heterocycles. The third-order valence-electron chi connectivity index (χ3n) is 15.4. The molecule has 7 heteroatoms. The van der Waals surface area contributed by atoms with Gasteiger partial charge in [0.25, 0.3) is 0 Å². The van der Waals surface area contributed by atoms with Crippen LogP contribution in [-0.2, 0) is 0 Å². The SMILES string of the molecule is C=C.CCC.c1ccc(N(c2cccc(-c3ccc4sc5ccccc5c4c3)c2)c2cccc(N(c3cccc(N(c4ccc5c(c4)sc4ccccc45)c4ccc5c(c4)sc4ccccc45)c3)c3ccc4sc5ccccc5c4c3)c2)cc1. The first-order valence-corrected chi connectivity index (χ1v) is 31.7. The van der Waals surface area contributed by atoms with Crippen LogP contribution in [0.15, 0.2) is 286 Å². The predicted octanol–water partition coefficient (Wildman–Crippen LogP) is 25.5. The molecule has 0 radical (unpaired) electrons. The summed E-state index contributed by atoms with van der Waals surface area (Å²) in [6, 6.07) is 101. The number of para-hydroxylation sites is 1. The second kappa shape index (κ2) is 22.8. The van der Waals surface area contributed by atoms with E-state index >= 15 is 0 Å². The van der Waals surface area contributed by atoms with Gasteiger partial charge in [-0.25, -0.2) is 0 Å². The molecule has 0 bridgehead atoms. The third kappa shape index (κ3) is 9.65. The third-order valence-corrected chi connectivity index (χ3v) is 20.0. The molecule has 12 aromatic carbocycles. The Labute approximate surface area is 505 Å². The molecule has 0 saturated heterocycles. The second-order valence-electron chi connectivity index (χ2n) is 20.8. The number of fused-ring (bicyclic) bond motifs is 12. The first-order chi connectivity index (χ1) is 41.5. The van der Waals surface area contributed by atoms with Crippen molar-refractivity contribution >= 4 is 177 Å². The molecule has 0 fully saturated rings. The summed E-state index contributed by atoms with van der Waals surface area (Å²) in [6.07, 6.45) is 1.25. The molecule has 0 spiro atoms. The Kier molecular flexibility index (Phi) is 14.3. The molecule has 84 heavy (non-hydrogen) atoms. The Morgan fingerprint density at radius 2 is 0.524 bits per heavy atom. The molecule has 0 N–H and O–H groups in total. The number of hydrogen-bond donors (Lipinski definition) is 0. The Bertz CT molecular complexity index is 4950. The summed E-state index contributed by atoms with van der Waals surface area (Å²) in [4.78, 5) is 7.29. The Morgan fingerprint density at radius 3 is 1.01 bits per heavy atom. The van der Waals surface area contributed by atoms with Crippen molar-refractivity contribution in [2.24, 2.45) is 0 Å². The lowest BCUT2D eigenvalue weighted by Crippen LogP contribution is -2.14. The molecule has 0 atom stereocenters. The average Bonchev–Trinajstić information content (AvgIpc) is 3.65. The van der Waals surface area contributed by atoms with Crippen molar-refractivity contribution in [1.29, 1.82) is 0 Å². The summed E-state index contributed by atoms with van der Waals surface area (Å²) in [6.45, 7) is 10.2. The van der Waals surface area contributed by atoms with Gasteiger partial charge in [0.05, 0.1) is 0 Å². The van der Waals surface area contributed by atoms with Crippen LogP contribution in [-0.4, -0.2) is 0 Å². The molecule has 0 aliphatic carbocycles. The minimum Gasteiger partial charge on any atom is -0.310 e. The molecule has 0 unspecified atom stereocenters. The molecule has 16 aromatic rings. The molecular weight excluding hydrogens is 1100 g/mol. The van der Waals surface area contributed by atoms with E-state index in [4.69, 9.17) is 0 Å². The molecule has 404 valence electrons. The maximum atomic E-state index is 3.00. The van der Waals surface area contributed by atoms with Crippen LogP contribution in [0.3, 0.4) is 0 Å². The summed E-state index contributed by atoms with van der Waals surface area (Å²) >= 11 is 7.43. The normalized spacial score (nSPS) is 11.4. The van der Waals surface area contributed by atoms with Crippen LogP contribution >= 0.6 is 45.3 Å². The summed E-state index contributed by atoms with van der Waals surface area (Å²) < 4.78 is 10.3. The van der Waals surface area contributed by atoms with Gasteiger partial charge in [0, 0.05) is 132 Å². The lowest BCUT2D eigenvalue weighted by molar-refractivity contribution is 1.09. The molecule has 0 aliphatic heterocycles. The quantitative estimate of drug-likeness (QED) is 0.126. The van der Waals surface area contributed by atoms with E-state index in [9.17, 15) is 0 Å². The van der Waals surface area contributed by atoms with E-state index in [0.29, 0.717) is 0 Å². The molecule has 16 rings (SSSR count). The predicted molar refractivity (Wildman–Crippen MR) is 375 cm³/mol. The molecule has 0 saturated carbocycles. The van der Waals surface area contributed by atoms with Gasteiger partial charge in [-0.15, -0.1) is 58.5 Å². The van der Waals surface area contributed by atoms with Crippen molar-refractivity contribution in [3.8, 4) is 11.1 Å². The Morgan fingerprint density at radius 1 is 0.226 bits per heavy atom. The van der Waals surface area contributed by atoms with Gasteiger partial charge in [-0.2, -0.15) is 0 Å². The van der Waals surface area contributed by atoms with E-state index in [1.165, 1.54) is 98.2 Å². The zero-order chi connectivity index (χ0) is 56.7. The van der Waals surface area contributed by atoms with E-state index in [1.807, 2.05) is 45.3 Å². The summed E-state index contributed by atoms with van der Waals surface area (Å²) in [5.74, 6) is 0. The van der Waals surface area contributed by atoms with Crippen molar-refractivity contribution in [1.82, 2.24) is 0 Å². The molecule has 4 aromatic heterocycles. The van der Waals surface area contributed by atoms with Crippen LogP contribution in [0.1, 0.15) is 20.3 Å². The zero-order valence-electron chi connectivity index (χ0n) is 46.6. The lowest BCUT2D eigenvalue weighted by Gasteiger charge is -2.31. The molecular formula is C77H57N3S4. The first kappa shape index (κ1) is 52.7. The lowest BCUT2D eigenvalue weighted by atomic mass is 10.0. The maximum Gasteiger partial charge on any atom is 0.0482 e. The Balaban J connectivity index is 0.00000122. The van der Waals surface area contributed by atoms with Crippen LogP contribution in [0.25, 0.3) is 91.8 Å². The minimum atomic E-state index is 1.05. The van der Waals surface area contributed by atoms with Gasteiger partial charge in [0.2, 0.25) is 0 Å². The van der Waals surface area contributed by atoms with Crippen LogP contribution in [0, 0.1) is 0 Å². The molecule has 3 nitrogen and oxygen atoms in total. The van der Waals surface area contributed by atoms with Crippen LogP contribution in [0.2, 0.25) is 0 Å². The van der Waals surface area contributed by atoms with Gasteiger partial charge in [-0.1, -0.05) is 154 Å². The number of anilines is 9. The highest BCUT2D eigenvalue weighted by atomic mass is 32.1. The number of rotatable bonds is 10. The van der Waals surface area contributed by atoms with Crippen LogP contribution in [0.4, 0.5) is 51.2 Å². The fourth-order valence-electron chi connectivity index (χ4n) is 11.8. The highest BCUT2D eigenvalue weighted by Crippen LogP contribution is 2.48. The van der Waals surface area contributed by atoms with E-state index < -0.39 is 0 Å². The average molecular weight is 1150 g/mol. The monoisotopic (exact) mass is 1150 g/mol. The fourth-order valence-corrected chi connectivity index (χ4v) is 16.2. The number of hydrogen-bond acceptors (Lipinski definition) is 7. The van der Waals surface area contributed by atoms with Gasteiger partial charge in [-0.05, 0) is 151 Å². The van der Waals surface area contributed by atoms with Gasteiger partial charge in [0.1, 0.15) is 0 Å². The van der Waals surface area contributed by atoms with Gasteiger partial charge in [0.15, 0.2) is 0 Å². The minimum absolute atomic E-state index is 1.05. The first-order valence-electron chi connectivity index (χ1n) is 28.4. The summed E-state index contributed by atoms with van der Waals surface area (Å²) in [5.41, 5.74) is 12.1. The van der Waals surface area contributed by atoms with E-state index in [2.05, 4.69) is 315 Å². The summed E-state index contributed by atoms with van der Waals surface area (Å²) in [5, 5.41) is 10.3. The second-order valence-corrected chi connectivity index (χ2v) is 25.1. The highest BCUT2D eigenvalue weighted by molar-refractivity contribution is 7.27. The van der Waals surface area contributed by atoms with E-state index in [1.54, 1.807) is 0 Å². The Hall–Kier alpha value is -9.34. The zero-order valence-corrected chi connectivity index (χ0v) is 49.8. The number of nitrogens with zero attached hydrogens (tertiary/aromatic N) is 3. The number of thiophene rings is 4. The van der Waals surface area contributed by atoms with E-state index in [-0.39, 0.29) is 0 Å². The van der Waals surface area contributed by atoms with Crippen LogP contribution in [0.5, 0.6) is 0 Å². The largest absolute Gasteiger partial charge is 0.310 e. The summed E-state index contributed by atoms with van der Waals surface area (Å²) in [7, 11) is 0. The van der Waals surface area contributed by atoms with Gasteiger partial charge >= 0.3 is 0 Å². The van der Waals surface area contributed by atoms with Crippen LogP contribution < -0.4 is 14.7 Å². The molecule has 0 aliphatic rings. The van der Waals surface area contributed by atoms with Crippen molar-refractivity contribution in [2.75, 3.05) is 14.7 Å². The number of benzene rings is 12. The smallest absolute Gasteiger partial charge is 0.0482 e. The topological polar surface area (TPSA) is 9.72 Å². The standard InChI is InChI=1S/C72H45N3S4.C3H8.C2H4/c1-2-16-48(17-3-1)73(49-18-12-15-46(39-49)47-31-37-69-63(40-47)59-25-6-10-29-67(59)76-69)50-19-13-20-51(41-50)74(54-34-38-70-64(43-54)60-26-7-11-30-68(60)77-70)52-21-14-22-53(42-52)75(55-32-35-61-57-23-4-8-27-65(57)78-71(61)44-55)56-33-36-62-58-24-5-9-28-66(58)79-72(62)45-56;1-3-2;1-2/h1-45H;3H2,1-2H3;1-2H2. The fraction of sp³-hybridized carbons (Fsp3) is 0.0390. The van der Waals surface area contributed by atoms with Gasteiger partial charge in [-0.3, -0.25) is 0 Å². The van der Waals surface area contributed by atoms with Crippen molar-refractivity contribution in [3.63, 3.8) is 0 Å². The van der Waals surface area contributed by atoms with Gasteiger partial charge < -0.3 is 14.7 Å². The molecule has 0 amide bonds. The van der Waals surface area contributed by atoms with E-state index in [0.717, 1.165) is 51.2 Å². The van der Waals surface area contributed by atoms with Crippen molar-refractivity contribution in [3.05, 3.63) is 286 Å². The van der Waals surface area contributed by atoms with Crippen molar-refractivity contribution in [2.45, 2.75) is 20.3 Å². The van der Waals surface area contributed by atoms with Crippen molar-refractivity contribution < 1.29 is 0 Å².